The molecule has 0 aliphatic carbocycles. The van der Waals surface area contributed by atoms with Crippen LogP contribution in [0.2, 0.25) is 0 Å². The van der Waals surface area contributed by atoms with Crippen molar-refractivity contribution in [2.24, 2.45) is 5.16 Å². The summed E-state index contributed by atoms with van der Waals surface area (Å²) in [5.41, 5.74) is 0.845. The first-order valence-electron chi connectivity index (χ1n) is 6.89. The van der Waals surface area contributed by atoms with Crippen molar-refractivity contribution in [3.8, 4) is 6.07 Å². The van der Waals surface area contributed by atoms with E-state index >= 15 is 0 Å². The molecule has 0 heterocycles. The summed E-state index contributed by atoms with van der Waals surface area (Å²) in [6.07, 6.45) is -4.53. The van der Waals surface area contributed by atoms with Crippen molar-refractivity contribution >= 4 is 16.5 Å². The van der Waals surface area contributed by atoms with E-state index in [1.165, 1.54) is 6.07 Å². The molecule has 0 radical (unpaired) electrons. The monoisotopic (exact) mass is 346 g/mol. The van der Waals surface area contributed by atoms with Crippen LogP contribution in [0.25, 0.3) is 0 Å². The van der Waals surface area contributed by atoms with E-state index in [4.69, 9.17) is 5.26 Å². The standard InChI is InChI=1S/C15H17F3N2O2S/c1-4-23(21)14-7-11(5-6-12(14)10(2)3)13(8-19)20-22-9-15(16,17)18/h5-7,10H,4,9H2,1-3H3/b20-13+. The van der Waals surface area contributed by atoms with Gasteiger partial charge in [0, 0.05) is 16.2 Å². The first kappa shape index (κ1) is 19.2. The third-order valence-corrected chi connectivity index (χ3v) is 4.27. The van der Waals surface area contributed by atoms with Crippen LogP contribution in [0.1, 0.15) is 37.8 Å². The predicted molar refractivity (Wildman–Crippen MR) is 81.6 cm³/mol. The minimum absolute atomic E-state index is 0.124. The first-order valence-corrected chi connectivity index (χ1v) is 8.21. The first-order chi connectivity index (χ1) is 10.7. The van der Waals surface area contributed by atoms with Gasteiger partial charge in [-0.3, -0.25) is 4.21 Å². The Morgan fingerprint density at radius 3 is 2.57 bits per heavy atom. The number of hydrogen-bond acceptors (Lipinski definition) is 4. The van der Waals surface area contributed by atoms with Gasteiger partial charge >= 0.3 is 6.18 Å². The molecule has 126 valence electrons. The van der Waals surface area contributed by atoms with Gasteiger partial charge in [0.2, 0.25) is 6.61 Å². The summed E-state index contributed by atoms with van der Waals surface area (Å²) in [6, 6.07) is 6.49. The molecule has 0 amide bonds. The summed E-state index contributed by atoms with van der Waals surface area (Å²) in [7, 11) is -1.26. The Morgan fingerprint density at radius 1 is 1.43 bits per heavy atom. The fourth-order valence-electron chi connectivity index (χ4n) is 1.82. The number of hydrogen-bond donors (Lipinski definition) is 0. The minimum Gasteiger partial charge on any atom is -0.385 e. The third kappa shape index (κ3) is 5.67. The van der Waals surface area contributed by atoms with E-state index in [1.54, 1.807) is 25.1 Å². The SMILES string of the molecule is CCS(=O)c1cc(/C(C#N)=N/OCC(F)(F)F)ccc1C(C)C. The molecule has 0 aromatic heterocycles. The summed E-state index contributed by atoms with van der Waals surface area (Å²) in [4.78, 5) is 4.73. The van der Waals surface area contributed by atoms with E-state index in [2.05, 4.69) is 9.99 Å². The van der Waals surface area contributed by atoms with Crippen molar-refractivity contribution in [3.63, 3.8) is 0 Å². The number of nitrogens with zero attached hydrogens (tertiary/aromatic N) is 2. The molecule has 1 aromatic carbocycles. The quantitative estimate of drug-likeness (QED) is 0.582. The normalized spacial score (nSPS) is 13.7. The van der Waals surface area contributed by atoms with Gasteiger partial charge in [-0.25, -0.2) is 0 Å². The minimum atomic E-state index is -4.53. The summed E-state index contributed by atoms with van der Waals surface area (Å²) < 4.78 is 48.3. The van der Waals surface area contributed by atoms with Crippen LogP contribution in [-0.4, -0.2) is 28.5 Å². The smallest absolute Gasteiger partial charge is 0.385 e. The van der Waals surface area contributed by atoms with Gasteiger partial charge in [-0.05, 0) is 17.5 Å². The molecule has 0 spiro atoms. The Balaban J connectivity index is 3.18. The lowest BCUT2D eigenvalue weighted by atomic mass is 10.0. The zero-order valence-electron chi connectivity index (χ0n) is 13.0. The number of rotatable bonds is 6. The van der Waals surface area contributed by atoms with E-state index in [9.17, 15) is 17.4 Å². The van der Waals surface area contributed by atoms with Crippen molar-refractivity contribution in [2.75, 3.05) is 12.4 Å². The Bertz CT molecular complexity index is 649. The Morgan fingerprint density at radius 2 is 2.09 bits per heavy atom. The number of nitriles is 1. The maximum absolute atomic E-state index is 12.2. The molecule has 0 bridgehead atoms. The molecule has 4 nitrogen and oxygen atoms in total. The third-order valence-electron chi connectivity index (χ3n) is 2.91. The maximum Gasteiger partial charge on any atom is 0.425 e. The van der Waals surface area contributed by atoms with E-state index in [1.807, 2.05) is 13.8 Å². The number of alkyl halides is 3. The van der Waals surface area contributed by atoms with E-state index in [-0.39, 0.29) is 17.2 Å². The number of oxime groups is 1. The van der Waals surface area contributed by atoms with Gasteiger partial charge in [0.15, 0.2) is 5.71 Å². The molecule has 1 unspecified atom stereocenters. The van der Waals surface area contributed by atoms with Crippen LogP contribution < -0.4 is 0 Å². The summed E-state index contributed by atoms with van der Waals surface area (Å²) in [5.74, 6) is 0.519. The van der Waals surface area contributed by atoms with Gasteiger partial charge in [-0.2, -0.15) is 18.4 Å². The topological polar surface area (TPSA) is 62.5 Å². The zero-order chi connectivity index (χ0) is 17.6. The highest BCUT2D eigenvalue weighted by Crippen LogP contribution is 2.24. The molecule has 0 saturated heterocycles. The van der Waals surface area contributed by atoms with Crippen LogP contribution in [0.15, 0.2) is 28.3 Å². The molecule has 0 fully saturated rings. The highest BCUT2D eigenvalue weighted by Gasteiger charge is 2.28. The van der Waals surface area contributed by atoms with E-state index in [0.29, 0.717) is 10.6 Å². The second kappa shape index (κ2) is 8.11. The lowest BCUT2D eigenvalue weighted by molar-refractivity contribution is -0.173. The highest BCUT2D eigenvalue weighted by molar-refractivity contribution is 7.85. The zero-order valence-corrected chi connectivity index (χ0v) is 13.8. The van der Waals surface area contributed by atoms with Crippen LogP contribution in [0.3, 0.4) is 0 Å². The Hall–Kier alpha value is -1.88. The van der Waals surface area contributed by atoms with Crippen LogP contribution in [0, 0.1) is 11.3 Å². The average Bonchev–Trinajstić information content (AvgIpc) is 2.49. The van der Waals surface area contributed by atoms with Crippen molar-refractivity contribution in [2.45, 2.75) is 37.8 Å². The molecule has 8 heteroatoms. The van der Waals surface area contributed by atoms with Crippen molar-refractivity contribution < 1.29 is 22.2 Å². The molecule has 0 saturated carbocycles. The van der Waals surface area contributed by atoms with Crippen LogP contribution in [0.4, 0.5) is 13.2 Å². The van der Waals surface area contributed by atoms with E-state index < -0.39 is 23.6 Å². The summed E-state index contributed by atoms with van der Waals surface area (Å²) in [6.45, 7) is 4.07. The van der Waals surface area contributed by atoms with Gasteiger partial charge in [0.1, 0.15) is 6.07 Å². The van der Waals surface area contributed by atoms with Gasteiger partial charge in [0.05, 0.1) is 10.8 Å². The van der Waals surface area contributed by atoms with Gasteiger partial charge < -0.3 is 4.84 Å². The lowest BCUT2D eigenvalue weighted by Crippen LogP contribution is -2.15. The van der Waals surface area contributed by atoms with Gasteiger partial charge in [-0.15, -0.1) is 0 Å². The molecule has 1 rings (SSSR count). The van der Waals surface area contributed by atoms with Gasteiger partial charge in [0.25, 0.3) is 0 Å². The fraction of sp³-hybridized carbons (Fsp3) is 0.467. The largest absolute Gasteiger partial charge is 0.425 e. The lowest BCUT2D eigenvalue weighted by Gasteiger charge is -2.13. The number of halogens is 3. The second-order valence-corrected chi connectivity index (χ2v) is 6.69. The predicted octanol–water partition coefficient (Wildman–Crippen LogP) is 3.74. The average molecular weight is 346 g/mol. The van der Waals surface area contributed by atoms with Crippen LogP contribution in [0.5, 0.6) is 0 Å². The molecule has 0 aliphatic heterocycles. The molecule has 1 atom stereocenters. The molecule has 0 N–H and O–H groups in total. The van der Waals surface area contributed by atoms with Crippen LogP contribution in [-0.2, 0) is 15.6 Å². The van der Waals surface area contributed by atoms with Crippen LogP contribution >= 0.6 is 0 Å². The molecule has 0 aliphatic rings. The fourth-order valence-corrected chi connectivity index (χ4v) is 2.96. The van der Waals surface area contributed by atoms with Gasteiger partial charge in [-0.1, -0.05) is 38.1 Å². The summed E-state index contributed by atoms with van der Waals surface area (Å²) >= 11 is 0. The summed E-state index contributed by atoms with van der Waals surface area (Å²) in [5, 5.41) is 12.3. The molecular formula is C15H17F3N2O2S. The second-order valence-electron chi connectivity index (χ2n) is 4.98. The molecule has 1 aromatic rings. The Kier molecular flexibility index (Phi) is 6.76. The molecular weight excluding hydrogens is 329 g/mol. The molecule has 23 heavy (non-hydrogen) atoms. The Labute approximate surface area is 135 Å². The van der Waals surface area contributed by atoms with Crippen molar-refractivity contribution in [1.29, 1.82) is 5.26 Å². The van der Waals surface area contributed by atoms with E-state index in [0.717, 1.165) is 5.56 Å². The maximum atomic E-state index is 12.2. The highest BCUT2D eigenvalue weighted by atomic mass is 32.2. The number of benzene rings is 1. The van der Waals surface area contributed by atoms with Crippen molar-refractivity contribution in [3.05, 3.63) is 29.3 Å². The van der Waals surface area contributed by atoms with Crippen molar-refractivity contribution in [1.82, 2.24) is 0 Å².